The molecule has 0 spiro atoms. The van der Waals surface area contributed by atoms with E-state index in [0.717, 1.165) is 29.2 Å². The molecule has 0 radical (unpaired) electrons. The summed E-state index contributed by atoms with van der Waals surface area (Å²) in [6, 6.07) is 17.0. The molecule has 0 aromatic heterocycles. The first-order chi connectivity index (χ1) is 16.8. The van der Waals surface area contributed by atoms with Gasteiger partial charge in [0.15, 0.2) is 5.78 Å². The number of hydrogen-bond acceptors (Lipinski definition) is 6. The molecule has 4 rings (SSSR count). The molecule has 0 bridgehead atoms. The van der Waals surface area contributed by atoms with Crippen molar-refractivity contribution in [3.05, 3.63) is 82.7 Å². The lowest BCUT2D eigenvalue weighted by atomic mass is 9.68. The Morgan fingerprint density at radius 1 is 0.971 bits per heavy atom. The molecular weight excluding hydrogens is 442 g/mol. The Balaban J connectivity index is 1.60. The standard InChI is InChI=1S/C29H33NO5/c1-5-33-22-13-11-20(12-14-22)26-25(28(32)35-16-15-34-21-9-7-6-8-10-21)19(2)30-23-17-29(3,4)18-24(31)27(23)26/h6-14,26,30H,5,15-18H2,1-4H3/t26-/m1/s1. The third-order valence-corrected chi connectivity index (χ3v) is 6.31. The van der Waals surface area contributed by atoms with E-state index in [4.69, 9.17) is 14.2 Å². The summed E-state index contributed by atoms with van der Waals surface area (Å²) < 4.78 is 16.9. The van der Waals surface area contributed by atoms with Crippen LogP contribution in [0, 0.1) is 5.41 Å². The molecule has 6 nitrogen and oxygen atoms in total. The summed E-state index contributed by atoms with van der Waals surface area (Å²) in [5.41, 5.74) is 3.45. The highest BCUT2D eigenvalue weighted by Gasteiger charge is 2.43. The number of Topliss-reactive ketones (excluding diaryl/α,β-unsaturated/α-hetero) is 1. The van der Waals surface area contributed by atoms with Gasteiger partial charge in [-0.3, -0.25) is 4.79 Å². The molecule has 2 aromatic rings. The Morgan fingerprint density at radius 2 is 1.66 bits per heavy atom. The lowest BCUT2D eigenvalue weighted by Crippen LogP contribution is -2.38. The molecule has 2 aliphatic rings. The number of nitrogens with one attached hydrogen (secondary N) is 1. The molecular formula is C29H33NO5. The molecule has 1 aliphatic carbocycles. The molecule has 1 aliphatic heterocycles. The van der Waals surface area contributed by atoms with Gasteiger partial charge in [-0.1, -0.05) is 44.2 Å². The first-order valence-electron chi connectivity index (χ1n) is 12.1. The van der Waals surface area contributed by atoms with Gasteiger partial charge in [0.05, 0.1) is 12.2 Å². The van der Waals surface area contributed by atoms with Crippen molar-refractivity contribution in [3.8, 4) is 11.5 Å². The number of esters is 1. The van der Waals surface area contributed by atoms with Gasteiger partial charge in [0.25, 0.3) is 0 Å². The highest BCUT2D eigenvalue weighted by molar-refractivity contribution is 6.04. The van der Waals surface area contributed by atoms with Gasteiger partial charge in [-0.15, -0.1) is 0 Å². The average Bonchev–Trinajstić information content (AvgIpc) is 2.81. The highest BCUT2D eigenvalue weighted by atomic mass is 16.6. The van der Waals surface area contributed by atoms with Gasteiger partial charge >= 0.3 is 5.97 Å². The summed E-state index contributed by atoms with van der Waals surface area (Å²) in [6.45, 7) is 8.90. The molecule has 35 heavy (non-hydrogen) atoms. The van der Waals surface area contributed by atoms with Gasteiger partial charge < -0.3 is 19.5 Å². The van der Waals surface area contributed by atoms with Crippen LogP contribution in [0.4, 0.5) is 0 Å². The highest BCUT2D eigenvalue weighted by Crippen LogP contribution is 2.46. The zero-order valence-corrected chi connectivity index (χ0v) is 20.9. The van der Waals surface area contributed by atoms with Crippen LogP contribution in [0.3, 0.4) is 0 Å². The minimum Gasteiger partial charge on any atom is -0.494 e. The van der Waals surface area contributed by atoms with Crippen LogP contribution >= 0.6 is 0 Å². The monoisotopic (exact) mass is 475 g/mol. The molecule has 1 N–H and O–H groups in total. The Kier molecular flexibility index (Phi) is 7.29. The number of hydrogen-bond donors (Lipinski definition) is 1. The van der Waals surface area contributed by atoms with Gasteiger partial charge in [-0.25, -0.2) is 4.79 Å². The normalized spacial score (nSPS) is 19.1. The molecule has 6 heteroatoms. The minimum absolute atomic E-state index is 0.0628. The Labute approximate surface area is 207 Å². The van der Waals surface area contributed by atoms with Crippen LogP contribution in [0.25, 0.3) is 0 Å². The van der Waals surface area contributed by atoms with Crippen LogP contribution in [-0.4, -0.2) is 31.6 Å². The van der Waals surface area contributed by atoms with Crippen molar-refractivity contribution in [2.45, 2.75) is 46.5 Å². The van der Waals surface area contributed by atoms with Crippen molar-refractivity contribution in [3.63, 3.8) is 0 Å². The Bertz CT molecular complexity index is 1150. The van der Waals surface area contributed by atoms with E-state index in [2.05, 4.69) is 19.2 Å². The summed E-state index contributed by atoms with van der Waals surface area (Å²) in [7, 11) is 0. The fraction of sp³-hybridized carbons (Fsp3) is 0.379. The fourth-order valence-electron chi connectivity index (χ4n) is 4.85. The third kappa shape index (κ3) is 5.59. The van der Waals surface area contributed by atoms with E-state index in [1.54, 1.807) is 0 Å². The molecule has 184 valence electrons. The Hall–Kier alpha value is -3.54. The van der Waals surface area contributed by atoms with Crippen LogP contribution in [0.2, 0.25) is 0 Å². The van der Waals surface area contributed by atoms with Crippen molar-refractivity contribution in [1.82, 2.24) is 5.32 Å². The number of carbonyl (C=O) groups excluding carboxylic acids is 2. The maximum absolute atomic E-state index is 13.4. The van der Waals surface area contributed by atoms with Crippen LogP contribution in [-0.2, 0) is 14.3 Å². The van der Waals surface area contributed by atoms with E-state index in [0.29, 0.717) is 29.9 Å². The van der Waals surface area contributed by atoms with Crippen LogP contribution in [0.15, 0.2) is 77.1 Å². The maximum atomic E-state index is 13.4. The van der Waals surface area contributed by atoms with Crippen molar-refractivity contribution in [2.75, 3.05) is 19.8 Å². The maximum Gasteiger partial charge on any atom is 0.336 e. The zero-order valence-electron chi connectivity index (χ0n) is 20.9. The molecule has 1 atom stereocenters. The molecule has 0 amide bonds. The fourth-order valence-corrected chi connectivity index (χ4v) is 4.85. The SMILES string of the molecule is CCOc1ccc([C@@H]2C(C(=O)OCCOc3ccccc3)=C(C)NC3=C2C(=O)CC(C)(C)C3)cc1. The second-order valence-corrected chi connectivity index (χ2v) is 9.73. The summed E-state index contributed by atoms with van der Waals surface area (Å²) in [5.74, 6) is 0.588. The number of carbonyl (C=O) groups is 2. The van der Waals surface area contributed by atoms with Crippen LogP contribution in [0.5, 0.6) is 11.5 Å². The molecule has 1 heterocycles. The lowest BCUT2D eigenvalue weighted by molar-refractivity contribution is -0.140. The molecule has 2 aromatic carbocycles. The van der Waals surface area contributed by atoms with Gasteiger partial charge in [-0.05, 0) is 55.5 Å². The van der Waals surface area contributed by atoms with Crippen LogP contribution in [0.1, 0.15) is 52.0 Å². The third-order valence-electron chi connectivity index (χ3n) is 6.31. The summed E-state index contributed by atoms with van der Waals surface area (Å²) in [4.78, 5) is 26.7. The summed E-state index contributed by atoms with van der Waals surface area (Å²) >= 11 is 0. The average molecular weight is 476 g/mol. The smallest absolute Gasteiger partial charge is 0.336 e. The van der Waals surface area contributed by atoms with Crippen LogP contribution < -0.4 is 14.8 Å². The second kappa shape index (κ2) is 10.4. The molecule has 0 saturated heterocycles. The van der Waals surface area contributed by atoms with Gasteiger partial charge in [0, 0.05) is 29.3 Å². The number of ether oxygens (including phenoxy) is 3. The van der Waals surface area contributed by atoms with Gasteiger partial charge in [-0.2, -0.15) is 0 Å². The predicted molar refractivity (Wildman–Crippen MR) is 134 cm³/mol. The number of rotatable bonds is 8. The molecule has 0 saturated carbocycles. The quantitative estimate of drug-likeness (QED) is 0.412. The molecule has 0 unspecified atom stereocenters. The number of dihydropyridines is 1. The number of para-hydroxylation sites is 1. The first kappa shape index (κ1) is 24.6. The van der Waals surface area contributed by atoms with E-state index >= 15 is 0 Å². The summed E-state index contributed by atoms with van der Waals surface area (Å²) in [6.07, 6.45) is 1.18. The Morgan fingerprint density at radius 3 is 2.34 bits per heavy atom. The minimum atomic E-state index is -0.493. The van der Waals surface area contributed by atoms with Crippen molar-refractivity contribution < 1.29 is 23.8 Å². The van der Waals surface area contributed by atoms with E-state index in [9.17, 15) is 9.59 Å². The van der Waals surface area contributed by atoms with Crippen molar-refractivity contribution in [1.29, 1.82) is 0 Å². The zero-order chi connectivity index (χ0) is 25.0. The van der Waals surface area contributed by atoms with Crippen molar-refractivity contribution >= 4 is 11.8 Å². The van der Waals surface area contributed by atoms with Crippen molar-refractivity contribution in [2.24, 2.45) is 5.41 Å². The second-order valence-electron chi connectivity index (χ2n) is 9.73. The number of allylic oxidation sites excluding steroid dienone is 3. The summed E-state index contributed by atoms with van der Waals surface area (Å²) in [5, 5.41) is 3.36. The van der Waals surface area contributed by atoms with E-state index < -0.39 is 11.9 Å². The molecule has 0 fully saturated rings. The first-order valence-corrected chi connectivity index (χ1v) is 12.1. The van der Waals surface area contributed by atoms with E-state index in [1.807, 2.05) is 68.4 Å². The topological polar surface area (TPSA) is 73.9 Å². The number of benzene rings is 2. The van der Waals surface area contributed by atoms with E-state index in [-0.39, 0.29) is 24.4 Å². The number of ketones is 1. The lowest BCUT2D eigenvalue weighted by Gasteiger charge is -2.39. The van der Waals surface area contributed by atoms with Gasteiger partial charge in [0.1, 0.15) is 24.7 Å². The largest absolute Gasteiger partial charge is 0.494 e. The predicted octanol–water partition coefficient (Wildman–Crippen LogP) is 5.31. The van der Waals surface area contributed by atoms with Gasteiger partial charge in [0.2, 0.25) is 0 Å². The van der Waals surface area contributed by atoms with E-state index in [1.165, 1.54) is 0 Å².